The van der Waals surface area contributed by atoms with Crippen LogP contribution < -0.4 is 10.6 Å². The third-order valence-corrected chi connectivity index (χ3v) is 2.92. The summed E-state index contributed by atoms with van der Waals surface area (Å²) >= 11 is 0. The van der Waals surface area contributed by atoms with Gasteiger partial charge in [-0.1, -0.05) is 0 Å². The number of aromatic nitrogens is 2. The number of furan rings is 1. The van der Waals surface area contributed by atoms with Crippen molar-refractivity contribution in [1.82, 2.24) is 20.2 Å². The lowest BCUT2D eigenvalue weighted by atomic mass is 10.2. The van der Waals surface area contributed by atoms with Crippen molar-refractivity contribution in [3.63, 3.8) is 0 Å². The number of amides is 1. The van der Waals surface area contributed by atoms with Crippen LogP contribution in [0.5, 0.6) is 0 Å². The van der Waals surface area contributed by atoms with E-state index in [0.717, 1.165) is 11.6 Å². The van der Waals surface area contributed by atoms with Gasteiger partial charge in [0.1, 0.15) is 17.6 Å². The first-order chi connectivity index (χ1) is 9.22. The molecule has 0 saturated carbocycles. The first kappa shape index (κ1) is 13.4. The van der Waals surface area contributed by atoms with Crippen LogP contribution >= 0.6 is 0 Å². The van der Waals surface area contributed by atoms with E-state index in [0.29, 0.717) is 13.0 Å². The minimum atomic E-state index is -0.153. The minimum Gasteiger partial charge on any atom is -0.467 e. The molecule has 6 nitrogen and oxygen atoms in total. The van der Waals surface area contributed by atoms with E-state index in [1.54, 1.807) is 19.5 Å². The van der Waals surface area contributed by atoms with E-state index in [9.17, 15) is 4.79 Å². The molecule has 2 rings (SSSR count). The van der Waals surface area contributed by atoms with E-state index < -0.39 is 0 Å². The number of hydrogen-bond acceptors (Lipinski definition) is 4. The highest BCUT2D eigenvalue weighted by atomic mass is 16.3. The number of aryl methyl sites for hydroxylation is 1. The number of rotatable bonds is 6. The molecule has 2 heterocycles. The molecule has 6 heteroatoms. The van der Waals surface area contributed by atoms with Crippen LogP contribution in [0, 0.1) is 0 Å². The van der Waals surface area contributed by atoms with E-state index in [2.05, 4.69) is 15.6 Å². The van der Waals surface area contributed by atoms with Crippen LogP contribution in [-0.2, 0) is 11.8 Å². The number of nitrogens with zero attached hydrogens (tertiary/aromatic N) is 2. The zero-order chi connectivity index (χ0) is 13.7. The van der Waals surface area contributed by atoms with Crippen molar-refractivity contribution < 1.29 is 9.21 Å². The highest BCUT2D eigenvalue weighted by molar-refractivity contribution is 5.75. The average Bonchev–Trinajstić information content (AvgIpc) is 3.06. The quantitative estimate of drug-likeness (QED) is 0.808. The summed E-state index contributed by atoms with van der Waals surface area (Å²) in [4.78, 5) is 15.6. The number of carbonyl (C=O) groups is 1. The molecule has 2 N–H and O–H groups in total. The van der Waals surface area contributed by atoms with Crippen molar-refractivity contribution in [2.24, 2.45) is 7.05 Å². The van der Waals surface area contributed by atoms with Gasteiger partial charge in [-0.15, -0.1) is 0 Å². The van der Waals surface area contributed by atoms with Crippen LogP contribution in [0.15, 0.2) is 35.2 Å². The van der Waals surface area contributed by atoms with Gasteiger partial charge >= 0.3 is 0 Å². The second-order valence-corrected chi connectivity index (χ2v) is 4.22. The molecule has 0 radical (unpaired) electrons. The van der Waals surface area contributed by atoms with Crippen LogP contribution in [0.4, 0.5) is 0 Å². The Kier molecular flexibility index (Phi) is 4.35. The van der Waals surface area contributed by atoms with E-state index in [-0.39, 0.29) is 11.9 Å². The molecule has 102 valence electrons. The highest BCUT2D eigenvalue weighted by Crippen LogP contribution is 2.20. The van der Waals surface area contributed by atoms with Gasteiger partial charge in [0.15, 0.2) is 0 Å². The van der Waals surface area contributed by atoms with Crippen molar-refractivity contribution in [2.45, 2.75) is 12.5 Å². The molecule has 0 aliphatic carbocycles. The molecule has 0 fully saturated rings. The normalized spacial score (nSPS) is 12.3. The second-order valence-electron chi connectivity index (χ2n) is 4.22. The summed E-state index contributed by atoms with van der Waals surface area (Å²) in [6, 6.07) is 3.58. The maximum absolute atomic E-state index is 11.2. The summed E-state index contributed by atoms with van der Waals surface area (Å²) < 4.78 is 7.37. The fourth-order valence-electron chi connectivity index (χ4n) is 1.88. The van der Waals surface area contributed by atoms with Gasteiger partial charge in [0.25, 0.3) is 0 Å². The van der Waals surface area contributed by atoms with Crippen molar-refractivity contribution >= 4 is 5.91 Å². The Labute approximate surface area is 111 Å². The van der Waals surface area contributed by atoms with E-state index in [1.165, 1.54) is 0 Å². The molecule has 1 amide bonds. The summed E-state index contributed by atoms with van der Waals surface area (Å²) in [5, 5.41) is 5.89. The lowest BCUT2D eigenvalue weighted by Crippen LogP contribution is -2.29. The topological polar surface area (TPSA) is 72.1 Å². The smallest absolute Gasteiger partial charge is 0.221 e. The van der Waals surface area contributed by atoms with E-state index in [4.69, 9.17) is 4.42 Å². The second kappa shape index (κ2) is 6.19. The van der Waals surface area contributed by atoms with Crippen LogP contribution in [-0.4, -0.2) is 29.1 Å². The predicted octanol–water partition coefficient (Wildman–Crippen LogP) is 0.828. The lowest BCUT2D eigenvalue weighted by molar-refractivity contribution is -0.120. The number of hydrogen-bond donors (Lipinski definition) is 2. The molecule has 0 aliphatic heterocycles. The minimum absolute atomic E-state index is 0.00513. The van der Waals surface area contributed by atoms with Crippen molar-refractivity contribution in [3.8, 4) is 0 Å². The molecular formula is C13H18N4O2. The van der Waals surface area contributed by atoms with Gasteiger partial charge in [0, 0.05) is 39.5 Å². The van der Waals surface area contributed by atoms with Crippen molar-refractivity contribution in [3.05, 3.63) is 42.4 Å². The predicted molar refractivity (Wildman–Crippen MR) is 70.4 cm³/mol. The Morgan fingerprint density at radius 1 is 1.58 bits per heavy atom. The van der Waals surface area contributed by atoms with Crippen LogP contribution in [0.3, 0.4) is 0 Å². The first-order valence-electron chi connectivity index (χ1n) is 6.17. The molecular weight excluding hydrogens is 244 g/mol. The van der Waals surface area contributed by atoms with Gasteiger partial charge < -0.3 is 19.6 Å². The summed E-state index contributed by atoms with van der Waals surface area (Å²) in [6.45, 7) is 0.553. The molecule has 0 spiro atoms. The Morgan fingerprint density at radius 2 is 2.42 bits per heavy atom. The summed E-state index contributed by atoms with van der Waals surface area (Å²) in [6.07, 6.45) is 5.67. The van der Waals surface area contributed by atoms with E-state index in [1.807, 2.05) is 29.9 Å². The Balaban J connectivity index is 2.08. The maximum atomic E-state index is 11.2. The molecule has 0 aromatic carbocycles. The molecule has 0 saturated heterocycles. The van der Waals surface area contributed by atoms with E-state index >= 15 is 0 Å². The first-order valence-corrected chi connectivity index (χ1v) is 6.17. The Morgan fingerprint density at radius 3 is 3.00 bits per heavy atom. The van der Waals surface area contributed by atoms with Crippen LogP contribution in [0.2, 0.25) is 0 Å². The zero-order valence-corrected chi connectivity index (χ0v) is 11.1. The van der Waals surface area contributed by atoms with Gasteiger partial charge in [-0.2, -0.15) is 0 Å². The van der Waals surface area contributed by atoms with Gasteiger partial charge in [-0.3, -0.25) is 4.79 Å². The third-order valence-electron chi connectivity index (χ3n) is 2.92. The molecule has 0 bridgehead atoms. The zero-order valence-electron chi connectivity index (χ0n) is 11.1. The molecule has 1 atom stereocenters. The Hall–Kier alpha value is -2.08. The van der Waals surface area contributed by atoms with Crippen LogP contribution in [0.1, 0.15) is 24.0 Å². The molecule has 2 aromatic heterocycles. The van der Waals surface area contributed by atoms with Crippen LogP contribution in [0.25, 0.3) is 0 Å². The monoisotopic (exact) mass is 262 g/mol. The maximum Gasteiger partial charge on any atom is 0.221 e. The number of carbonyl (C=O) groups excluding carboxylic acids is 1. The molecule has 2 aromatic rings. The van der Waals surface area contributed by atoms with Crippen molar-refractivity contribution in [2.75, 3.05) is 13.6 Å². The third kappa shape index (κ3) is 3.23. The van der Waals surface area contributed by atoms with Gasteiger partial charge in [-0.05, 0) is 12.1 Å². The molecule has 1 unspecified atom stereocenters. The lowest BCUT2D eigenvalue weighted by Gasteiger charge is -2.16. The van der Waals surface area contributed by atoms with Crippen molar-refractivity contribution in [1.29, 1.82) is 0 Å². The summed E-state index contributed by atoms with van der Waals surface area (Å²) in [7, 11) is 3.56. The van der Waals surface area contributed by atoms with Gasteiger partial charge in [-0.25, -0.2) is 4.98 Å². The summed E-state index contributed by atoms with van der Waals surface area (Å²) in [5.74, 6) is 1.64. The SMILES string of the molecule is CNC(=O)CCNC(c1ccco1)c1nccn1C. The van der Waals surface area contributed by atoms with Gasteiger partial charge in [0.05, 0.1) is 6.26 Å². The molecule has 19 heavy (non-hydrogen) atoms. The molecule has 0 aliphatic rings. The number of imidazole rings is 1. The Bertz CT molecular complexity index is 518. The van der Waals surface area contributed by atoms with Gasteiger partial charge in [0.2, 0.25) is 5.91 Å². The largest absolute Gasteiger partial charge is 0.467 e. The highest BCUT2D eigenvalue weighted by Gasteiger charge is 2.20. The summed E-state index contributed by atoms with van der Waals surface area (Å²) in [5.41, 5.74) is 0. The standard InChI is InChI=1S/C13H18N4O2/c1-14-11(18)5-6-15-12(10-4-3-9-19-10)13-16-7-8-17(13)2/h3-4,7-9,12,15H,5-6H2,1-2H3,(H,14,18). The fourth-order valence-corrected chi connectivity index (χ4v) is 1.88. The average molecular weight is 262 g/mol. The number of nitrogens with one attached hydrogen (secondary N) is 2. The fraction of sp³-hybridized carbons (Fsp3) is 0.385.